The molecule has 0 fully saturated rings. The Labute approximate surface area is 133 Å². The van der Waals surface area contributed by atoms with Crippen LogP contribution >= 0.6 is 11.3 Å². The number of nitrogens with one attached hydrogen (secondary N) is 1. The number of anilines is 1. The van der Waals surface area contributed by atoms with Crippen molar-refractivity contribution in [2.24, 2.45) is 0 Å². The molecule has 0 aliphatic rings. The van der Waals surface area contributed by atoms with Crippen LogP contribution in [0.4, 0.5) is 5.69 Å². The summed E-state index contributed by atoms with van der Waals surface area (Å²) in [4.78, 5) is 16.4. The van der Waals surface area contributed by atoms with Gasteiger partial charge >= 0.3 is 0 Å². The average molecular weight is 308 g/mol. The van der Waals surface area contributed by atoms with Crippen LogP contribution in [0.15, 0.2) is 48.5 Å². The molecule has 0 radical (unpaired) electrons. The Morgan fingerprint density at radius 3 is 2.68 bits per heavy atom. The van der Waals surface area contributed by atoms with Gasteiger partial charge < -0.3 is 5.32 Å². The van der Waals surface area contributed by atoms with Gasteiger partial charge in [-0.05, 0) is 43.7 Å². The Bertz CT molecular complexity index is 847. The molecule has 3 aromatic rings. The third-order valence-corrected chi connectivity index (χ3v) is 4.20. The number of amides is 1. The monoisotopic (exact) mass is 308 g/mol. The lowest BCUT2D eigenvalue weighted by Crippen LogP contribution is -2.07. The fraction of sp³-hybridized carbons (Fsp3) is 0.111. The molecule has 4 heteroatoms. The lowest BCUT2D eigenvalue weighted by molar-refractivity contribution is -0.111. The number of aryl methyl sites for hydroxylation is 2. The zero-order chi connectivity index (χ0) is 15.5. The van der Waals surface area contributed by atoms with Gasteiger partial charge in [-0.1, -0.05) is 29.8 Å². The van der Waals surface area contributed by atoms with Gasteiger partial charge in [0.15, 0.2) is 0 Å². The minimum absolute atomic E-state index is 0.138. The molecule has 0 unspecified atom stereocenters. The predicted octanol–water partition coefficient (Wildman–Crippen LogP) is 4.57. The SMILES string of the molecule is Cc1ccc(/C=C/C(=O)Nc2ccc3nc(C)sc3c2)cc1. The van der Waals surface area contributed by atoms with Gasteiger partial charge in [0.05, 0.1) is 15.2 Å². The molecule has 1 amide bonds. The third kappa shape index (κ3) is 3.40. The van der Waals surface area contributed by atoms with Crippen LogP contribution in [0.1, 0.15) is 16.1 Å². The summed E-state index contributed by atoms with van der Waals surface area (Å²) >= 11 is 1.62. The fourth-order valence-corrected chi connectivity index (χ4v) is 3.02. The Morgan fingerprint density at radius 1 is 1.14 bits per heavy atom. The Balaban J connectivity index is 1.70. The van der Waals surface area contributed by atoms with Gasteiger partial charge in [0.2, 0.25) is 5.91 Å². The first-order valence-electron chi connectivity index (χ1n) is 7.03. The number of fused-ring (bicyclic) bond motifs is 1. The topological polar surface area (TPSA) is 42.0 Å². The molecule has 3 rings (SSSR count). The number of hydrogen-bond donors (Lipinski definition) is 1. The zero-order valence-corrected chi connectivity index (χ0v) is 13.3. The van der Waals surface area contributed by atoms with Crippen molar-refractivity contribution in [3.8, 4) is 0 Å². The maximum Gasteiger partial charge on any atom is 0.248 e. The van der Waals surface area contributed by atoms with Crippen LogP contribution in [0.5, 0.6) is 0 Å². The molecule has 1 heterocycles. The highest BCUT2D eigenvalue weighted by Crippen LogP contribution is 2.24. The summed E-state index contributed by atoms with van der Waals surface area (Å²) in [5.74, 6) is -0.138. The maximum absolute atomic E-state index is 12.0. The normalized spacial score (nSPS) is 11.2. The van der Waals surface area contributed by atoms with E-state index in [-0.39, 0.29) is 5.91 Å². The summed E-state index contributed by atoms with van der Waals surface area (Å²) in [5, 5.41) is 3.90. The fourth-order valence-electron chi connectivity index (χ4n) is 2.15. The summed E-state index contributed by atoms with van der Waals surface area (Å²) in [6, 6.07) is 13.8. The van der Waals surface area contributed by atoms with Crippen LogP contribution in [0, 0.1) is 13.8 Å². The molecule has 0 saturated carbocycles. The summed E-state index contributed by atoms with van der Waals surface area (Å²) in [6.07, 6.45) is 3.36. The number of thiazole rings is 1. The predicted molar refractivity (Wildman–Crippen MR) is 93.2 cm³/mol. The van der Waals surface area contributed by atoms with Crippen molar-refractivity contribution in [3.63, 3.8) is 0 Å². The highest BCUT2D eigenvalue weighted by Gasteiger charge is 2.03. The van der Waals surface area contributed by atoms with E-state index in [4.69, 9.17) is 0 Å². The minimum atomic E-state index is -0.138. The van der Waals surface area contributed by atoms with Crippen molar-refractivity contribution >= 4 is 39.2 Å². The van der Waals surface area contributed by atoms with Gasteiger partial charge in [-0.25, -0.2) is 4.98 Å². The number of benzene rings is 2. The van der Waals surface area contributed by atoms with Crippen molar-refractivity contribution in [1.82, 2.24) is 4.98 Å². The molecule has 110 valence electrons. The van der Waals surface area contributed by atoms with Crippen LogP contribution in [0.3, 0.4) is 0 Å². The average Bonchev–Trinajstić information content (AvgIpc) is 2.86. The molecule has 0 aliphatic carbocycles. The van der Waals surface area contributed by atoms with Crippen molar-refractivity contribution in [1.29, 1.82) is 0 Å². The molecule has 1 aromatic heterocycles. The van der Waals surface area contributed by atoms with Crippen molar-refractivity contribution in [3.05, 3.63) is 64.7 Å². The Kier molecular flexibility index (Phi) is 4.02. The van der Waals surface area contributed by atoms with Crippen LogP contribution in [0.2, 0.25) is 0 Å². The van der Waals surface area contributed by atoms with E-state index in [2.05, 4.69) is 10.3 Å². The smallest absolute Gasteiger partial charge is 0.248 e. The van der Waals surface area contributed by atoms with E-state index in [1.165, 1.54) is 5.56 Å². The molecule has 2 aromatic carbocycles. The second-order valence-corrected chi connectivity index (χ2v) is 6.38. The zero-order valence-electron chi connectivity index (χ0n) is 12.5. The van der Waals surface area contributed by atoms with E-state index < -0.39 is 0 Å². The molecule has 3 nitrogen and oxygen atoms in total. The minimum Gasteiger partial charge on any atom is -0.322 e. The summed E-state index contributed by atoms with van der Waals surface area (Å²) in [6.45, 7) is 4.02. The Morgan fingerprint density at radius 2 is 1.91 bits per heavy atom. The standard InChI is InChI=1S/C18H16N2OS/c1-12-3-5-14(6-4-12)7-10-18(21)20-15-8-9-16-17(11-15)22-13(2)19-16/h3-11H,1-2H3,(H,20,21)/b10-7+. The maximum atomic E-state index is 12.0. The van der Waals surface area contributed by atoms with Gasteiger partial charge in [0.1, 0.15) is 0 Å². The molecule has 0 bridgehead atoms. The molecule has 22 heavy (non-hydrogen) atoms. The molecular weight excluding hydrogens is 292 g/mol. The Hall–Kier alpha value is -2.46. The van der Waals surface area contributed by atoms with Crippen LogP contribution in [0.25, 0.3) is 16.3 Å². The number of hydrogen-bond acceptors (Lipinski definition) is 3. The van der Waals surface area contributed by atoms with Gasteiger partial charge in [-0.2, -0.15) is 0 Å². The van der Waals surface area contributed by atoms with E-state index in [1.54, 1.807) is 17.4 Å². The van der Waals surface area contributed by atoms with E-state index in [9.17, 15) is 4.79 Å². The van der Waals surface area contributed by atoms with E-state index in [1.807, 2.05) is 62.4 Å². The first-order chi connectivity index (χ1) is 10.6. The lowest BCUT2D eigenvalue weighted by Gasteiger charge is -2.01. The van der Waals surface area contributed by atoms with Crippen molar-refractivity contribution in [2.45, 2.75) is 13.8 Å². The number of carbonyl (C=O) groups excluding carboxylic acids is 1. The lowest BCUT2D eigenvalue weighted by atomic mass is 10.1. The summed E-state index contributed by atoms with van der Waals surface area (Å²) in [7, 11) is 0. The van der Waals surface area contributed by atoms with E-state index in [0.29, 0.717) is 0 Å². The number of aromatic nitrogens is 1. The molecule has 0 saturated heterocycles. The summed E-state index contributed by atoms with van der Waals surface area (Å²) < 4.78 is 1.08. The van der Waals surface area contributed by atoms with Crippen LogP contribution in [-0.2, 0) is 4.79 Å². The highest BCUT2D eigenvalue weighted by atomic mass is 32.1. The third-order valence-electron chi connectivity index (χ3n) is 3.27. The van der Waals surface area contributed by atoms with E-state index >= 15 is 0 Å². The quantitative estimate of drug-likeness (QED) is 0.720. The molecule has 0 atom stereocenters. The number of rotatable bonds is 3. The highest BCUT2D eigenvalue weighted by molar-refractivity contribution is 7.18. The first-order valence-corrected chi connectivity index (χ1v) is 7.85. The van der Waals surface area contributed by atoms with Crippen molar-refractivity contribution in [2.75, 3.05) is 5.32 Å². The van der Waals surface area contributed by atoms with Gasteiger partial charge in [0.25, 0.3) is 0 Å². The van der Waals surface area contributed by atoms with Gasteiger partial charge in [-0.3, -0.25) is 4.79 Å². The van der Waals surface area contributed by atoms with Gasteiger partial charge in [0, 0.05) is 11.8 Å². The van der Waals surface area contributed by atoms with Crippen molar-refractivity contribution < 1.29 is 4.79 Å². The second kappa shape index (κ2) is 6.12. The molecular formula is C18H16N2OS. The second-order valence-electron chi connectivity index (χ2n) is 5.15. The van der Waals surface area contributed by atoms with E-state index in [0.717, 1.165) is 26.5 Å². The van der Waals surface area contributed by atoms with Crippen LogP contribution < -0.4 is 5.32 Å². The first kappa shape index (κ1) is 14.5. The van der Waals surface area contributed by atoms with Gasteiger partial charge in [-0.15, -0.1) is 11.3 Å². The molecule has 0 aliphatic heterocycles. The summed E-state index contributed by atoms with van der Waals surface area (Å²) in [5.41, 5.74) is 3.97. The number of nitrogens with zero attached hydrogens (tertiary/aromatic N) is 1. The van der Waals surface area contributed by atoms with Crippen LogP contribution in [-0.4, -0.2) is 10.9 Å². The molecule has 0 spiro atoms. The molecule has 1 N–H and O–H groups in total. The number of carbonyl (C=O) groups is 1. The largest absolute Gasteiger partial charge is 0.322 e.